The number of rotatable bonds is 7. The zero-order valence-corrected chi connectivity index (χ0v) is 9.24. The summed E-state index contributed by atoms with van der Waals surface area (Å²) in [5.74, 6) is 0. The molecule has 81 valence electrons. The van der Waals surface area contributed by atoms with Gasteiger partial charge in [-0.05, 0) is 6.42 Å². The third-order valence-corrected chi connectivity index (χ3v) is 3.79. The van der Waals surface area contributed by atoms with Crippen molar-refractivity contribution in [1.29, 1.82) is 0 Å². The number of isocyanates is 3. The molecule has 0 spiro atoms. The summed E-state index contributed by atoms with van der Waals surface area (Å²) in [6, 6.07) is 0. The van der Waals surface area contributed by atoms with Crippen LogP contribution >= 0.6 is 7.71 Å². The highest BCUT2D eigenvalue weighted by molar-refractivity contribution is 7.72. The molecule has 0 aliphatic rings. The van der Waals surface area contributed by atoms with Crippen molar-refractivity contribution in [3.8, 4) is 0 Å². The SMILES string of the molecule is CCCCC[P](N=C=O)(N=C=O)N=C=O. The van der Waals surface area contributed by atoms with Crippen LogP contribution in [0.1, 0.15) is 26.2 Å². The van der Waals surface area contributed by atoms with E-state index in [0.29, 0.717) is 12.6 Å². The molecule has 0 heterocycles. The van der Waals surface area contributed by atoms with E-state index in [0.717, 1.165) is 12.8 Å². The Balaban J connectivity index is 4.85. The predicted molar refractivity (Wildman–Crippen MR) is 55.7 cm³/mol. The Hall–Kier alpha value is -1.43. The topological polar surface area (TPSA) is 88.3 Å². The fourth-order valence-corrected chi connectivity index (χ4v) is 2.46. The zero-order chi connectivity index (χ0) is 11.6. The Morgan fingerprint density at radius 1 is 0.933 bits per heavy atom. The Morgan fingerprint density at radius 3 is 1.73 bits per heavy atom. The van der Waals surface area contributed by atoms with E-state index < -0.39 is 7.71 Å². The molecule has 0 fully saturated rings. The average molecular weight is 228 g/mol. The summed E-state index contributed by atoms with van der Waals surface area (Å²) in [5.41, 5.74) is 0. The maximum absolute atomic E-state index is 10.2. The Kier molecular flexibility index (Phi) is 7.17. The maximum atomic E-state index is 10.2. The van der Waals surface area contributed by atoms with Crippen LogP contribution in [-0.2, 0) is 14.4 Å². The summed E-state index contributed by atoms with van der Waals surface area (Å²) in [6.07, 6.45) is 6.69. The van der Waals surface area contributed by atoms with Gasteiger partial charge in [0.05, 0.1) is 0 Å². The lowest BCUT2D eigenvalue weighted by Crippen LogP contribution is -1.91. The van der Waals surface area contributed by atoms with Gasteiger partial charge >= 0.3 is 0 Å². The molecule has 0 aromatic heterocycles. The van der Waals surface area contributed by atoms with Gasteiger partial charge in [-0.15, -0.1) is 14.3 Å². The Labute approximate surface area is 87.7 Å². The molecule has 0 aliphatic carbocycles. The van der Waals surface area contributed by atoms with Crippen molar-refractivity contribution >= 4 is 26.0 Å². The number of nitrogens with zero attached hydrogens (tertiary/aromatic N) is 3. The largest absolute Gasteiger partial charge is 0.242 e. The van der Waals surface area contributed by atoms with E-state index in [4.69, 9.17) is 0 Å². The second-order valence-corrected chi connectivity index (χ2v) is 5.13. The normalized spacial score (nSPS) is 12.6. The number of hydrogen-bond donors (Lipinski definition) is 0. The molecule has 0 aromatic rings. The van der Waals surface area contributed by atoms with E-state index in [9.17, 15) is 14.4 Å². The van der Waals surface area contributed by atoms with Gasteiger partial charge in [0, 0.05) is 6.16 Å². The molecule has 0 aliphatic heterocycles. The van der Waals surface area contributed by atoms with Crippen molar-refractivity contribution in [2.75, 3.05) is 6.16 Å². The molecule has 0 amide bonds. The minimum atomic E-state index is -2.92. The van der Waals surface area contributed by atoms with E-state index in [1.54, 1.807) is 0 Å². The van der Waals surface area contributed by atoms with E-state index in [-0.39, 0.29) is 0 Å². The zero-order valence-electron chi connectivity index (χ0n) is 8.34. The fraction of sp³-hybridized carbons (Fsp3) is 0.625. The number of unbranched alkanes of at least 4 members (excludes halogenated alkanes) is 2. The van der Waals surface area contributed by atoms with E-state index in [2.05, 4.69) is 14.3 Å². The van der Waals surface area contributed by atoms with Crippen LogP contribution in [0, 0.1) is 0 Å². The molecule has 0 N–H and O–H groups in total. The van der Waals surface area contributed by atoms with Crippen molar-refractivity contribution in [3.05, 3.63) is 0 Å². The van der Waals surface area contributed by atoms with Crippen molar-refractivity contribution in [3.63, 3.8) is 0 Å². The molecular formula is C8H11N3O3P. The molecular weight excluding hydrogens is 217 g/mol. The van der Waals surface area contributed by atoms with Gasteiger partial charge in [-0.3, -0.25) is 0 Å². The van der Waals surface area contributed by atoms with Gasteiger partial charge in [0.25, 0.3) is 0 Å². The predicted octanol–water partition coefficient (Wildman–Crippen LogP) is 1.95. The van der Waals surface area contributed by atoms with Gasteiger partial charge in [0.1, 0.15) is 0 Å². The number of carbonyl (C=O) groups excluding carboxylic acids is 3. The molecule has 0 saturated carbocycles. The molecule has 6 nitrogen and oxygen atoms in total. The van der Waals surface area contributed by atoms with Gasteiger partial charge in [0.15, 0.2) is 0 Å². The molecule has 0 bridgehead atoms. The molecule has 1 radical (unpaired) electrons. The van der Waals surface area contributed by atoms with Crippen molar-refractivity contribution < 1.29 is 14.4 Å². The molecule has 15 heavy (non-hydrogen) atoms. The number of hydrogen-bond acceptors (Lipinski definition) is 6. The Morgan fingerprint density at radius 2 is 1.40 bits per heavy atom. The quantitative estimate of drug-likeness (QED) is 0.288. The molecule has 0 unspecified atom stereocenters. The van der Waals surface area contributed by atoms with Gasteiger partial charge in [-0.2, -0.15) is 0 Å². The van der Waals surface area contributed by atoms with Crippen LogP contribution in [0.3, 0.4) is 0 Å². The van der Waals surface area contributed by atoms with E-state index >= 15 is 0 Å². The average Bonchev–Trinajstić information content (AvgIpc) is 2.19. The van der Waals surface area contributed by atoms with Crippen LogP contribution in [0.15, 0.2) is 14.3 Å². The van der Waals surface area contributed by atoms with Crippen molar-refractivity contribution in [1.82, 2.24) is 0 Å². The molecule has 0 saturated heterocycles. The molecule has 7 heteroatoms. The maximum Gasteiger partial charge on any atom is 0.242 e. The van der Waals surface area contributed by atoms with Crippen molar-refractivity contribution in [2.45, 2.75) is 26.2 Å². The summed E-state index contributed by atoms with van der Waals surface area (Å²) in [6.45, 7) is 2.00. The highest BCUT2D eigenvalue weighted by atomic mass is 31.2. The van der Waals surface area contributed by atoms with Gasteiger partial charge in [-0.25, -0.2) is 14.4 Å². The smallest absolute Gasteiger partial charge is 0.211 e. The standard InChI is InChI=1S/C8H11N3O3P/c1-2-3-4-5-15(9-6-12,10-7-13)11-8-14/h2-5H2,1H3. The first kappa shape index (κ1) is 13.6. The third-order valence-electron chi connectivity index (χ3n) is 1.66. The van der Waals surface area contributed by atoms with Crippen LogP contribution in [0.4, 0.5) is 0 Å². The van der Waals surface area contributed by atoms with Crippen molar-refractivity contribution in [2.24, 2.45) is 14.3 Å². The lowest BCUT2D eigenvalue weighted by Gasteiger charge is -2.15. The van der Waals surface area contributed by atoms with E-state index in [1.807, 2.05) is 6.92 Å². The fourth-order valence-electron chi connectivity index (χ4n) is 0.987. The molecule has 0 aromatic carbocycles. The second kappa shape index (κ2) is 7.93. The van der Waals surface area contributed by atoms with Crippen LogP contribution in [-0.4, -0.2) is 24.4 Å². The first-order valence-corrected chi connectivity index (χ1v) is 6.24. The summed E-state index contributed by atoms with van der Waals surface area (Å²) in [5, 5.41) is 0. The summed E-state index contributed by atoms with van der Waals surface area (Å²) < 4.78 is 10.1. The minimum absolute atomic E-state index is 0.306. The second-order valence-electron chi connectivity index (χ2n) is 2.70. The lowest BCUT2D eigenvalue weighted by atomic mass is 10.3. The van der Waals surface area contributed by atoms with Gasteiger partial charge in [0.2, 0.25) is 26.0 Å². The highest BCUT2D eigenvalue weighted by Crippen LogP contribution is 2.63. The lowest BCUT2D eigenvalue weighted by molar-refractivity contribution is 0.565. The first-order valence-electron chi connectivity index (χ1n) is 4.41. The minimum Gasteiger partial charge on any atom is -0.211 e. The first-order chi connectivity index (χ1) is 7.24. The van der Waals surface area contributed by atoms with Crippen LogP contribution in [0.5, 0.6) is 0 Å². The summed E-state index contributed by atoms with van der Waals surface area (Å²) in [4.78, 5) is 30.5. The monoisotopic (exact) mass is 228 g/mol. The van der Waals surface area contributed by atoms with Crippen LogP contribution in [0.2, 0.25) is 0 Å². The highest BCUT2D eigenvalue weighted by Gasteiger charge is 2.25. The van der Waals surface area contributed by atoms with Crippen LogP contribution < -0.4 is 0 Å². The molecule has 0 rings (SSSR count). The van der Waals surface area contributed by atoms with E-state index in [1.165, 1.54) is 18.2 Å². The summed E-state index contributed by atoms with van der Waals surface area (Å²) >= 11 is 0. The van der Waals surface area contributed by atoms with Gasteiger partial charge in [-0.1, -0.05) is 19.8 Å². The van der Waals surface area contributed by atoms with Gasteiger partial charge < -0.3 is 0 Å². The molecule has 0 atom stereocenters. The summed E-state index contributed by atoms with van der Waals surface area (Å²) in [7, 11) is -2.92. The Bertz CT molecular complexity index is 293. The van der Waals surface area contributed by atoms with Crippen LogP contribution in [0.25, 0.3) is 0 Å². The third kappa shape index (κ3) is 5.11.